The van der Waals surface area contributed by atoms with Crippen LogP contribution in [-0.4, -0.2) is 50.8 Å². The molecule has 0 bridgehead atoms. The highest BCUT2D eigenvalue weighted by Crippen LogP contribution is 2.32. The van der Waals surface area contributed by atoms with Gasteiger partial charge in [0.2, 0.25) is 0 Å². The van der Waals surface area contributed by atoms with E-state index in [0.717, 1.165) is 13.2 Å². The summed E-state index contributed by atoms with van der Waals surface area (Å²) in [5, 5.41) is 3.60. The molecule has 0 spiro atoms. The van der Waals surface area contributed by atoms with Crippen molar-refractivity contribution < 1.29 is 4.74 Å². The molecule has 2 unspecified atom stereocenters. The minimum absolute atomic E-state index is 0.491. The van der Waals surface area contributed by atoms with Crippen LogP contribution in [0.5, 0.6) is 0 Å². The maximum Gasteiger partial charge on any atom is 0.0702 e. The van der Waals surface area contributed by atoms with Crippen molar-refractivity contribution in [2.24, 2.45) is 5.41 Å². The quantitative estimate of drug-likeness (QED) is 0.787. The van der Waals surface area contributed by atoms with Crippen LogP contribution in [-0.2, 0) is 4.74 Å². The Morgan fingerprint density at radius 1 is 1.39 bits per heavy atom. The Hall–Kier alpha value is -0.120. The lowest BCUT2D eigenvalue weighted by atomic mass is 9.76. The smallest absolute Gasteiger partial charge is 0.0702 e. The molecule has 0 radical (unpaired) electrons. The molecule has 2 rings (SSSR count). The summed E-state index contributed by atoms with van der Waals surface area (Å²) < 4.78 is 5.75. The standard InChI is InChI=1S/C15H30N2O/c1-3-7-15(8-5-9-16-12-15)13-17(2)11-14-6-4-10-18-14/h14,16H,3-13H2,1-2H3. The third kappa shape index (κ3) is 3.94. The zero-order valence-electron chi connectivity index (χ0n) is 12.2. The summed E-state index contributed by atoms with van der Waals surface area (Å²) in [5.41, 5.74) is 0.514. The number of hydrogen-bond acceptors (Lipinski definition) is 3. The Bertz CT molecular complexity index is 227. The summed E-state index contributed by atoms with van der Waals surface area (Å²) in [6.45, 7) is 8.05. The second kappa shape index (κ2) is 6.88. The highest BCUT2D eigenvalue weighted by Gasteiger charge is 2.32. The van der Waals surface area contributed by atoms with Crippen LogP contribution in [0.3, 0.4) is 0 Å². The van der Waals surface area contributed by atoms with E-state index in [1.54, 1.807) is 0 Å². The second-order valence-electron chi connectivity index (χ2n) is 6.36. The van der Waals surface area contributed by atoms with E-state index in [9.17, 15) is 0 Å². The van der Waals surface area contributed by atoms with E-state index < -0.39 is 0 Å². The number of hydrogen-bond donors (Lipinski definition) is 1. The Kier molecular flexibility index (Phi) is 5.46. The van der Waals surface area contributed by atoms with Crippen LogP contribution >= 0.6 is 0 Å². The van der Waals surface area contributed by atoms with Gasteiger partial charge in [-0.25, -0.2) is 0 Å². The predicted octanol–water partition coefficient (Wildman–Crippen LogP) is 2.27. The molecule has 0 aromatic carbocycles. The molecule has 18 heavy (non-hydrogen) atoms. The van der Waals surface area contributed by atoms with Gasteiger partial charge in [0.15, 0.2) is 0 Å². The van der Waals surface area contributed by atoms with E-state index >= 15 is 0 Å². The van der Waals surface area contributed by atoms with Gasteiger partial charge in [-0.05, 0) is 51.1 Å². The average molecular weight is 254 g/mol. The van der Waals surface area contributed by atoms with Crippen LogP contribution in [0.4, 0.5) is 0 Å². The van der Waals surface area contributed by atoms with Crippen molar-refractivity contribution in [3.63, 3.8) is 0 Å². The third-order valence-electron chi connectivity index (χ3n) is 4.49. The molecule has 0 aliphatic carbocycles. The Morgan fingerprint density at radius 2 is 2.28 bits per heavy atom. The summed E-state index contributed by atoms with van der Waals surface area (Å²) in [6.07, 6.45) is 8.39. The van der Waals surface area contributed by atoms with E-state index in [2.05, 4.69) is 24.2 Å². The lowest BCUT2D eigenvalue weighted by Crippen LogP contribution is -2.47. The molecule has 2 atom stereocenters. The molecule has 0 saturated carbocycles. The van der Waals surface area contributed by atoms with Crippen LogP contribution in [0.1, 0.15) is 45.4 Å². The predicted molar refractivity (Wildman–Crippen MR) is 75.9 cm³/mol. The van der Waals surface area contributed by atoms with Crippen molar-refractivity contribution in [3.8, 4) is 0 Å². The fourth-order valence-corrected chi connectivity index (χ4v) is 3.76. The van der Waals surface area contributed by atoms with Crippen LogP contribution in [0, 0.1) is 5.41 Å². The van der Waals surface area contributed by atoms with Crippen LogP contribution < -0.4 is 5.32 Å². The van der Waals surface area contributed by atoms with Crippen molar-refractivity contribution >= 4 is 0 Å². The highest BCUT2D eigenvalue weighted by molar-refractivity contribution is 4.88. The van der Waals surface area contributed by atoms with Crippen LogP contribution in [0.25, 0.3) is 0 Å². The average Bonchev–Trinajstić information content (AvgIpc) is 2.83. The molecule has 2 saturated heterocycles. The third-order valence-corrected chi connectivity index (χ3v) is 4.49. The number of nitrogens with one attached hydrogen (secondary N) is 1. The van der Waals surface area contributed by atoms with Gasteiger partial charge in [-0.1, -0.05) is 13.3 Å². The summed E-state index contributed by atoms with van der Waals surface area (Å²) in [7, 11) is 2.27. The molecule has 0 amide bonds. The molecule has 106 valence electrons. The molecule has 2 aliphatic rings. The van der Waals surface area contributed by atoms with Gasteiger partial charge < -0.3 is 15.0 Å². The largest absolute Gasteiger partial charge is 0.377 e. The molecule has 2 fully saturated rings. The first-order valence-electron chi connectivity index (χ1n) is 7.75. The van der Waals surface area contributed by atoms with Crippen LogP contribution in [0.15, 0.2) is 0 Å². The Labute approximate surface area is 112 Å². The summed E-state index contributed by atoms with van der Waals surface area (Å²) in [4.78, 5) is 2.51. The normalized spacial score (nSPS) is 33.2. The van der Waals surface area contributed by atoms with Gasteiger partial charge in [0, 0.05) is 26.2 Å². The molecule has 2 aliphatic heterocycles. The first-order valence-corrected chi connectivity index (χ1v) is 7.75. The van der Waals surface area contributed by atoms with Gasteiger partial charge >= 0.3 is 0 Å². The number of rotatable bonds is 6. The van der Waals surface area contributed by atoms with Crippen LogP contribution in [0.2, 0.25) is 0 Å². The van der Waals surface area contributed by atoms with Gasteiger partial charge in [0.1, 0.15) is 0 Å². The van der Waals surface area contributed by atoms with Crippen molar-refractivity contribution in [1.82, 2.24) is 10.2 Å². The molecule has 2 heterocycles. The van der Waals surface area contributed by atoms with Gasteiger partial charge in [-0.3, -0.25) is 0 Å². The van der Waals surface area contributed by atoms with E-state index in [1.165, 1.54) is 58.2 Å². The summed E-state index contributed by atoms with van der Waals surface area (Å²) >= 11 is 0. The zero-order valence-corrected chi connectivity index (χ0v) is 12.2. The maximum absolute atomic E-state index is 5.75. The van der Waals surface area contributed by atoms with E-state index in [4.69, 9.17) is 4.74 Å². The maximum atomic E-state index is 5.75. The number of likely N-dealkylation sites (N-methyl/N-ethyl adjacent to an activating group) is 1. The van der Waals surface area contributed by atoms with Crippen molar-refractivity contribution in [3.05, 3.63) is 0 Å². The molecule has 0 aromatic heterocycles. The van der Waals surface area contributed by atoms with E-state index in [0.29, 0.717) is 11.5 Å². The molecule has 1 N–H and O–H groups in total. The van der Waals surface area contributed by atoms with Gasteiger partial charge in [0.25, 0.3) is 0 Å². The second-order valence-corrected chi connectivity index (χ2v) is 6.36. The lowest BCUT2D eigenvalue weighted by molar-refractivity contribution is 0.0550. The van der Waals surface area contributed by atoms with Crippen molar-refractivity contribution in [2.75, 3.05) is 39.8 Å². The highest BCUT2D eigenvalue weighted by atomic mass is 16.5. The molecular formula is C15H30N2O. The number of ether oxygens (including phenoxy) is 1. The van der Waals surface area contributed by atoms with E-state index in [-0.39, 0.29) is 0 Å². The minimum atomic E-state index is 0.491. The molecule has 3 nitrogen and oxygen atoms in total. The zero-order chi connectivity index (χ0) is 12.8. The Balaban J connectivity index is 1.82. The fraction of sp³-hybridized carbons (Fsp3) is 1.00. The minimum Gasteiger partial charge on any atom is -0.377 e. The number of nitrogens with zero attached hydrogens (tertiary/aromatic N) is 1. The van der Waals surface area contributed by atoms with Gasteiger partial charge in [-0.15, -0.1) is 0 Å². The molecule has 0 aromatic rings. The SMILES string of the molecule is CCCC1(CN(C)CC2CCCO2)CCCNC1. The summed E-state index contributed by atoms with van der Waals surface area (Å²) in [5.74, 6) is 0. The van der Waals surface area contributed by atoms with E-state index in [1.807, 2.05) is 0 Å². The Morgan fingerprint density at radius 3 is 2.89 bits per heavy atom. The number of piperidine rings is 1. The van der Waals surface area contributed by atoms with Crippen molar-refractivity contribution in [2.45, 2.75) is 51.6 Å². The molecular weight excluding hydrogens is 224 g/mol. The fourth-order valence-electron chi connectivity index (χ4n) is 3.76. The van der Waals surface area contributed by atoms with Gasteiger partial charge in [-0.2, -0.15) is 0 Å². The van der Waals surface area contributed by atoms with Crippen molar-refractivity contribution in [1.29, 1.82) is 0 Å². The first-order chi connectivity index (χ1) is 8.74. The first kappa shape index (κ1) is 14.3. The van der Waals surface area contributed by atoms with Gasteiger partial charge in [0.05, 0.1) is 6.10 Å². The topological polar surface area (TPSA) is 24.5 Å². The molecule has 3 heteroatoms. The lowest BCUT2D eigenvalue weighted by Gasteiger charge is -2.41. The monoisotopic (exact) mass is 254 g/mol. The summed E-state index contributed by atoms with van der Waals surface area (Å²) in [6, 6.07) is 0.